The van der Waals surface area contributed by atoms with Gasteiger partial charge in [-0.2, -0.15) is 0 Å². The number of carbonyl (C=O) groups excluding carboxylic acids is 2. The number of rotatable bonds is 4. The molecule has 1 heterocycles. The van der Waals surface area contributed by atoms with Gasteiger partial charge in [-0.15, -0.1) is 0 Å². The Bertz CT molecular complexity index is 422. The molecule has 0 fully saturated rings. The average Bonchev–Trinajstić information content (AvgIpc) is 2.21. The van der Waals surface area contributed by atoms with E-state index in [1.54, 1.807) is 6.92 Å². The Balaban J connectivity index is 2.88. The van der Waals surface area contributed by atoms with Crippen molar-refractivity contribution in [2.45, 2.75) is 13.5 Å². The molecule has 0 N–H and O–H groups in total. The van der Waals surface area contributed by atoms with Crippen molar-refractivity contribution in [1.82, 2.24) is 4.57 Å². The van der Waals surface area contributed by atoms with Crippen LogP contribution in [0, 0.1) is 0 Å². The van der Waals surface area contributed by atoms with Crippen molar-refractivity contribution >= 4 is 12.3 Å². The van der Waals surface area contributed by atoms with Crippen LogP contribution in [0.3, 0.4) is 0 Å². The standard InChI is InChI=1S/C10H11NO4/c1-2-15-10(14)6-11-5-8(7-12)3-4-9(11)13/h3-5,7H,2,6H2,1H3. The molecule has 80 valence electrons. The zero-order chi connectivity index (χ0) is 11.3. The summed E-state index contributed by atoms with van der Waals surface area (Å²) in [5.41, 5.74) is 0.00699. The Kier molecular flexibility index (Phi) is 3.79. The number of esters is 1. The first-order chi connectivity index (χ1) is 7.17. The molecule has 0 radical (unpaired) electrons. The topological polar surface area (TPSA) is 65.4 Å². The van der Waals surface area contributed by atoms with E-state index in [0.717, 1.165) is 4.57 Å². The van der Waals surface area contributed by atoms with Gasteiger partial charge in [-0.25, -0.2) is 0 Å². The zero-order valence-electron chi connectivity index (χ0n) is 8.30. The quantitative estimate of drug-likeness (QED) is 0.525. The molecule has 0 spiro atoms. The maximum absolute atomic E-state index is 11.3. The number of pyridine rings is 1. The molecule has 0 amide bonds. The van der Waals surface area contributed by atoms with Gasteiger partial charge in [0.1, 0.15) is 6.54 Å². The largest absolute Gasteiger partial charge is 0.465 e. The van der Waals surface area contributed by atoms with Crippen LogP contribution >= 0.6 is 0 Å². The van der Waals surface area contributed by atoms with E-state index in [4.69, 9.17) is 0 Å². The summed E-state index contributed by atoms with van der Waals surface area (Å²) in [5, 5.41) is 0. The Morgan fingerprint density at radius 3 is 2.87 bits per heavy atom. The molecular weight excluding hydrogens is 198 g/mol. The molecule has 1 aromatic heterocycles. The molecule has 0 atom stereocenters. The van der Waals surface area contributed by atoms with Crippen molar-refractivity contribution in [2.24, 2.45) is 0 Å². The Morgan fingerprint density at radius 1 is 1.53 bits per heavy atom. The van der Waals surface area contributed by atoms with Crippen LogP contribution in [0.25, 0.3) is 0 Å². The summed E-state index contributed by atoms with van der Waals surface area (Å²) < 4.78 is 5.83. The summed E-state index contributed by atoms with van der Waals surface area (Å²) in [6.45, 7) is 1.78. The lowest BCUT2D eigenvalue weighted by Crippen LogP contribution is -2.24. The number of hydrogen-bond donors (Lipinski definition) is 0. The van der Waals surface area contributed by atoms with Crippen molar-refractivity contribution in [3.8, 4) is 0 Å². The normalized spacial score (nSPS) is 9.67. The average molecular weight is 209 g/mol. The third-order valence-corrected chi connectivity index (χ3v) is 1.75. The minimum absolute atomic E-state index is 0.172. The fourth-order valence-corrected chi connectivity index (χ4v) is 1.09. The summed E-state index contributed by atoms with van der Waals surface area (Å²) >= 11 is 0. The molecule has 0 aromatic carbocycles. The maximum Gasteiger partial charge on any atom is 0.326 e. The van der Waals surface area contributed by atoms with E-state index in [2.05, 4.69) is 4.74 Å². The molecule has 15 heavy (non-hydrogen) atoms. The van der Waals surface area contributed by atoms with Gasteiger partial charge in [0, 0.05) is 17.8 Å². The lowest BCUT2D eigenvalue weighted by atomic mass is 10.3. The van der Waals surface area contributed by atoms with Crippen LogP contribution in [0.4, 0.5) is 0 Å². The van der Waals surface area contributed by atoms with E-state index in [1.165, 1.54) is 18.3 Å². The first-order valence-corrected chi connectivity index (χ1v) is 4.48. The molecule has 5 heteroatoms. The Morgan fingerprint density at radius 2 is 2.27 bits per heavy atom. The zero-order valence-corrected chi connectivity index (χ0v) is 8.30. The van der Waals surface area contributed by atoms with E-state index in [1.807, 2.05) is 0 Å². The van der Waals surface area contributed by atoms with Gasteiger partial charge in [-0.1, -0.05) is 0 Å². The molecule has 1 rings (SSSR count). The minimum atomic E-state index is -0.498. The van der Waals surface area contributed by atoms with Crippen LogP contribution in [-0.2, 0) is 16.1 Å². The number of nitrogens with zero attached hydrogens (tertiary/aromatic N) is 1. The van der Waals surface area contributed by atoms with Crippen LogP contribution in [0.1, 0.15) is 17.3 Å². The van der Waals surface area contributed by atoms with E-state index in [9.17, 15) is 14.4 Å². The third-order valence-electron chi connectivity index (χ3n) is 1.75. The molecule has 0 unspecified atom stereocenters. The predicted molar refractivity (Wildman–Crippen MR) is 52.7 cm³/mol. The van der Waals surface area contributed by atoms with Crippen LogP contribution in [0.2, 0.25) is 0 Å². The fourth-order valence-electron chi connectivity index (χ4n) is 1.09. The van der Waals surface area contributed by atoms with Crippen molar-refractivity contribution in [2.75, 3.05) is 6.61 Å². The molecule has 1 aromatic rings. The van der Waals surface area contributed by atoms with Gasteiger partial charge in [0.25, 0.3) is 5.56 Å². The molecule has 0 aliphatic carbocycles. The summed E-state index contributed by atoms with van der Waals surface area (Å²) in [7, 11) is 0. The van der Waals surface area contributed by atoms with E-state index >= 15 is 0 Å². The maximum atomic E-state index is 11.3. The van der Waals surface area contributed by atoms with Crippen molar-refractivity contribution < 1.29 is 14.3 Å². The third kappa shape index (κ3) is 3.05. The van der Waals surface area contributed by atoms with E-state index < -0.39 is 5.97 Å². The second kappa shape index (κ2) is 5.09. The molecular formula is C10H11NO4. The van der Waals surface area contributed by atoms with Gasteiger partial charge >= 0.3 is 5.97 Å². The minimum Gasteiger partial charge on any atom is -0.465 e. The number of carbonyl (C=O) groups is 2. The number of hydrogen-bond acceptors (Lipinski definition) is 4. The first kappa shape index (κ1) is 11.2. The van der Waals surface area contributed by atoms with Crippen LogP contribution in [0.5, 0.6) is 0 Å². The lowest BCUT2D eigenvalue weighted by Gasteiger charge is -2.05. The van der Waals surface area contributed by atoms with Gasteiger partial charge in [-0.05, 0) is 13.0 Å². The van der Waals surface area contributed by atoms with Crippen LogP contribution < -0.4 is 5.56 Å². The lowest BCUT2D eigenvalue weighted by molar-refractivity contribution is -0.143. The van der Waals surface area contributed by atoms with E-state index in [0.29, 0.717) is 11.8 Å². The summed E-state index contributed by atoms with van der Waals surface area (Å²) in [5.74, 6) is -0.498. The molecule has 0 aliphatic rings. The van der Waals surface area contributed by atoms with Gasteiger partial charge in [-0.3, -0.25) is 14.4 Å². The highest BCUT2D eigenvalue weighted by atomic mass is 16.5. The van der Waals surface area contributed by atoms with Gasteiger partial charge in [0.15, 0.2) is 6.29 Å². The van der Waals surface area contributed by atoms with Gasteiger partial charge in [0.05, 0.1) is 6.61 Å². The predicted octanol–water partition coefficient (Wildman–Crippen LogP) is 0.224. The highest BCUT2D eigenvalue weighted by Crippen LogP contribution is 1.92. The highest BCUT2D eigenvalue weighted by Gasteiger charge is 2.05. The molecule has 0 bridgehead atoms. The molecule has 0 saturated carbocycles. The first-order valence-electron chi connectivity index (χ1n) is 4.48. The fraction of sp³-hybridized carbons (Fsp3) is 0.300. The molecule has 5 nitrogen and oxygen atoms in total. The van der Waals surface area contributed by atoms with Crippen molar-refractivity contribution in [3.05, 3.63) is 34.2 Å². The number of ether oxygens (including phenoxy) is 1. The van der Waals surface area contributed by atoms with Crippen LogP contribution in [0.15, 0.2) is 23.1 Å². The number of aromatic nitrogens is 1. The van der Waals surface area contributed by atoms with Gasteiger partial charge in [0.2, 0.25) is 0 Å². The monoisotopic (exact) mass is 209 g/mol. The Labute approximate surface area is 86.3 Å². The van der Waals surface area contributed by atoms with Crippen LogP contribution in [-0.4, -0.2) is 23.4 Å². The smallest absolute Gasteiger partial charge is 0.326 e. The summed E-state index contributed by atoms with van der Waals surface area (Å²) in [4.78, 5) is 32.8. The summed E-state index contributed by atoms with van der Waals surface area (Å²) in [6, 6.07) is 2.64. The number of aldehydes is 1. The SMILES string of the molecule is CCOC(=O)Cn1cc(C=O)ccc1=O. The Hall–Kier alpha value is -1.91. The summed E-state index contributed by atoms with van der Waals surface area (Å²) in [6.07, 6.45) is 1.94. The van der Waals surface area contributed by atoms with Crippen molar-refractivity contribution in [3.63, 3.8) is 0 Å². The van der Waals surface area contributed by atoms with Crippen molar-refractivity contribution in [1.29, 1.82) is 0 Å². The highest BCUT2D eigenvalue weighted by molar-refractivity contribution is 5.74. The second-order valence-corrected chi connectivity index (χ2v) is 2.85. The molecule has 0 aliphatic heterocycles. The van der Waals surface area contributed by atoms with Gasteiger partial charge < -0.3 is 9.30 Å². The van der Waals surface area contributed by atoms with E-state index in [-0.39, 0.29) is 18.7 Å². The second-order valence-electron chi connectivity index (χ2n) is 2.85. The molecule has 0 saturated heterocycles.